The van der Waals surface area contributed by atoms with Gasteiger partial charge in [-0.3, -0.25) is 0 Å². The first-order valence-corrected chi connectivity index (χ1v) is 7.30. The Morgan fingerprint density at radius 3 is 2.35 bits per heavy atom. The number of hydrogen-bond donors (Lipinski definition) is 2. The van der Waals surface area contributed by atoms with E-state index in [-0.39, 0.29) is 17.7 Å². The standard InChI is InChI=1S/C15H25F2N3/c1-5-8-18-14-12(16)9-13(17)15(20-14)19-11(4)7-6-10(2)3/h9-11H,5-8H2,1-4H3,(H2,18,19,20). The molecule has 1 heterocycles. The predicted octanol–water partition coefficient (Wildman–Crippen LogP) is 4.42. The summed E-state index contributed by atoms with van der Waals surface area (Å²) in [5.41, 5.74) is 0. The van der Waals surface area contributed by atoms with Crippen molar-refractivity contribution < 1.29 is 8.78 Å². The number of halogens is 2. The van der Waals surface area contributed by atoms with E-state index in [1.165, 1.54) is 0 Å². The summed E-state index contributed by atoms with van der Waals surface area (Å²) in [6, 6.07) is 0.978. The van der Waals surface area contributed by atoms with Crippen LogP contribution in [0.15, 0.2) is 6.07 Å². The molecule has 0 radical (unpaired) electrons. The van der Waals surface area contributed by atoms with Gasteiger partial charge in [0.05, 0.1) is 0 Å². The summed E-state index contributed by atoms with van der Waals surface area (Å²) in [5.74, 6) is -0.489. The smallest absolute Gasteiger partial charge is 0.168 e. The minimum atomic E-state index is -0.656. The van der Waals surface area contributed by atoms with Crippen molar-refractivity contribution in [3.63, 3.8) is 0 Å². The molecule has 0 bridgehead atoms. The van der Waals surface area contributed by atoms with E-state index in [4.69, 9.17) is 0 Å². The van der Waals surface area contributed by atoms with Gasteiger partial charge in [0.25, 0.3) is 0 Å². The van der Waals surface area contributed by atoms with Gasteiger partial charge in [0.15, 0.2) is 23.3 Å². The monoisotopic (exact) mass is 285 g/mol. The van der Waals surface area contributed by atoms with E-state index in [0.717, 1.165) is 25.3 Å². The zero-order valence-electron chi connectivity index (χ0n) is 12.8. The normalized spacial score (nSPS) is 12.6. The highest BCUT2D eigenvalue weighted by Crippen LogP contribution is 2.20. The van der Waals surface area contributed by atoms with Crippen LogP contribution in [0.25, 0.3) is 0 Å². The third-order valence-electron chi connectivity index (χ3n) is 3.03. The molecule has 0 amide bonds. The molecule has 0 saturated heterocycles. The molecule has 0 saturated carbocycles. The van der Waals surface area contributed by atoms with Crippen LogP contribution in [0.3, 0.4) is 0 Å². The Labute approximate surface area is 120 Å². The van der Waals surface area contributed by atoms with E-state index in [1.807, 2.05) is 13.8 Å². The maximum absolute atomic E-state index is 13.7. The van der Waals surface area contributed by atoms with Crippen molar-refractivity contribution in [2.45, 2.75) is 53.0 Å². The number of anilines is 2. The van der Waals surface area contributed by atoms with Crippen molar-refractivity contribution in [1.82, 2.24) is 4.98 Å². The summed E-state index contributed by atoms with van der Waals surface area (Å²) in [7, 11) is 0. The highest BCUT2D eigenvalue weighted by Gasteiger charge is 2.13. The summed E-state index contributed by atoms with van der Waals surface area (Å²) in [5, 5.41) is 5.88. The first kappa shape index (κ1) is 16.7. The van der Waals surface area contributed by atoms with E-state index < -0.39 is 11.6 Å². The van der Waals surface area contributed by atoms with Crippen molar-refractivity contribution in [3.05, 3.63) is 17.7 Å². The van der Waals surface area contributed by atoms with Gasteiger partial charge in [-0.15, -0.1) is 0 Å². The number of rotatable bonds is 8. The average molecular weight is 285 g/mol. The molecule has 20 heavy (non-hydrogen) atoms. The third-order valence-corrected chi connectivity index (χ3v) is 3.03. The van der Waals surface area contributed by atoms with Crippen LogP contribution < -0.4 is 10.6 Å². The van der Waals surface area contributed by atoms with E-state index in [1.54, 1.807) is 0 Å². The van der Waals surface area contributed by atoms with E-state index in [9.17, 15) is 8.78 Å². The lowest BCUT2D eigenvalue weighted by Crippen LogP contribution is -2.18. The zero-order chi connectivity index (χ0) is 15.1. The van der Waals surface area contributed by atoms with Crippen LogP contribution >= 0.6 is 0 Å². The van der Waals surface area contributed by atoms with Gasteiger partial charge in [0.1, 0.15) is 0 Å². The second-order valence-corrected chi connectivity index (χ2v) is 5.59. The van der Waals surface area contributed by atoms with Gasteiger partial charge < -0.3 is 10.6 Å². The van der Waals surface area contributed by atoms with Crippen molar-refractivity contribution in [3.8, 4) is 0 Å². The highest BCUT2D eigenvalue weighted by molar-refractivity contribution is 5.47. The number of nitrogens with zero attached hydrogens (tertiary/aromatic N) is 1. The number of nitrogens with one attached hydrogen (secondary N) is 2. The maximum atomic E-state index is 13.7. The minimum Gasteiger partial charge on any atom is -0.368 e. The Bertz CT molecular complexity index is 422. The number of aromatic nitrogens is 1. The molecule has 2 N–H and O–H groups in total. The van der Waals surface area contributed by atoms with Crippen molar-refractivity contribution in [2.75, 3.05) is 17.2 Å². The molecule has 1 atom stereocenters. The quantitative estimate of drug-likeness (QED) is 0.742. The molecule has 1 rings (SSSR count). The molecule has 0 aliphatic rings. The second kappa shape index (κ2) is 8.02. The Hall–Kier alpha value is -1.39. The first-order chi connectivity index (χ1) is 9.43. The zero-order valence-corrected chi connectivity index (χ0v) is 12.8. The Morgan fingerprint density at radius 2 is 1.75 bits per heavy atom. The van der Waals surface area contributed by atoms with E-state index in [0.29, 0.717) is 12.5 Å². The number of hydrogen-bond acceptors (Lipinski definition) is 3. The maximum Gasteiger partial charge on any atom is 0.168 e. The van der Waals surface area contributed by atoms with Gasteiger partial charge in [-0.25, -0.2) is 13.8 Å². The molecule has 114 valence electrons. The van der Waals surface area contributed by atoms with Crippen molar-refractivity contribution in [2.24, 2.45) is 5.92 Å². The van der Waals surface area contributed by atoms with Crippen LogP contribution in [-0.2, 0) is 0 Å². The van der Waals surface area contributed by atoms with Crippen molar-refractivity contribution >= 4 is 11.6 Å². The molecule has 1 aromatic rings. The first-order valence-electron chi connectivity index (χ1n) is 7.30. The molecule has 1 aromatic heterocycles. The fraction of sp³-hybridized carbons (Fsp3) is 0.667. The average Bonchev–Trinajstić information content (AvgIpc) is 2.38. The Kier molecular flexibility index (Phi) is 6.68. The van der Waals surface area contributed by atoms with Gasteiger partial charge in [-0.2, -0.15) is 0 Å². The lowest BCUT2D eigenvalue weighted by Gasteiger charge is -2.17. The van der Waals surface area contributed by atoms with Crippen LogP contribution in [0.5, 0.6) is 0 Å². The molecule has 0 aromatic carbocycles. The summed E-state index contributed by atoms with van der Waals surface area (Å²) in [6.07, 6.45) is 2.83. The van der Waals surface area contributed by atoms with Crippen LogP contribution in [0.1, 0.15) is 47.0 Å². The lowest BCUT2D eigenvalue weighted by atomic mass is 10.0. The molecular formula is C15H25F2N3. The summed E-state index contributed by atoms with van der Waals surface area (Å²) >= 11 is 0. The molecule has 0 aliphatic heterocycles. The van der Waals surface area contributed by atoms with Crippen LogP contribution in [0.4, 0.5) is 20.4 Å². The fourth-order valence-electron chi connectivity index (χ4n) is 1.82. The predicted molar refractivity (Wildman–Crippen MR) is 80.1 cm³/mol. The van der Waals surface area contributed by atoms with Gasteiger partial charge >= 0.3 is 0 Å². The number of pyridine rings is 1. The van der Waals surface area contributed by atoms with Crippen LogP contribution in [-0.4, -0.2) is 17.6 Å². The third kappa shape index (κ3) is 5.31. The van der Waals surface area contributed by atoms with E-state index >= 15 is 0 Å². The molecule has 5 heteroatoms. The molecular weight excluding hydrogens is 260 g/mol. The molecule has 0 fully saturated rings. The van der Waals surface area contributed by atoms with Gasteiger partial charge in [-0.05, 0) is 32.1 Å². The fourth-order valence-corrected chi connectivity index (χ4v) is 1.82. The summed E-state index contributed by atoms with van der Waals surface area (Å²) in [6.45, 7) is 8.86. The highest BCUT2D eigenvalue weighted by atomic mass is 19.1. The largest absolute Gasteiger partial charge is 0.368 e. The summed E-state index contributed by atoms with van der Waals surface area (Å²) in [4.78, 5) is 4.00. The van der Waals surface area contributed by atoms with Gasteiger partial charge in [0, 0.05) is 18.7 Å². The van der Waals surface area contributed by atoms with Gasteiger partial charge in [0.2, 0.25) is 0 Å². The van der Waals surface area contributed by atoms with Gasteiger partial charge in [-0.1, -0.05) is 20.8 Å². The van der Waals surface area contributed by atoms with E-state index in [2.05, 4.69) is 29.5 Å². The van der Waals surface area contributed by atoms with Crippen molar-refractivity contribution in [1.29, 1.82) is 0 Å². The molecule has 3 nitrogen and oxygen atoms in total. The molecule has 0 aliphatic carbocycles. The summed E-state index contributed by atoms with van der Waals surface area (Å²) < 4.78 is 27.3. The minimum absolute atomic E-state index is 0.101. The Balaban J connectivity index is 2.73. The SMILES string of the molecule is CCCNc1nc(NC(C)CCC(C)C)c(F)cc1F. The lowest BCUT2D eigenvalue weighted by molar-refractivity contribution is 0.523. The van der Waals surface area contributed by atoms with Crippen LogP contribution in [0, 0.1) is 17.6 Å². The topological polar surface area (TPSA) is 37.0 Å². The molecule has 0 spiro atoms. The second-order valence-electron chi connectivity index (χ2n) is 5.59. The molecule has 1 unspecified atom stereocenters. The Morgan fingerprint density at radius 1 is 1.10 bits per heavy atom. The van der Waals surface area contributed by atoms with Crippen LogP contribution in [0.2, 0.25) is 0 Å².